The lowest BCUT2D eigenvalue weighted by Gasteiger charge is -2.19. The zero-order valence-corrected chi connectivity index (χ0v) is 17.3. The van der Waals surface area contributed by atoms with Crippen molar-refractivity contribution in [2.75, 3.05) is 7.11 Å². The highest BCUT2D eigenvalue weighted by Crippen LogP contribution is 2.46. The largest absolute Gasteiger partial charge is 0.497 e. The minimum atomic E-state index is -0.354. The Morgan fingerprint density at radius 2 is 2.07 bits per heavy atom. The number of pyridine rings is 1. The Labute approximate surface area is 175 Å². The van der Waals surface area contributed by atoms with Gasteiger partial charge >= 0.3 is 0 Å². The smallest absolute Gasteiger partial charge is 0.268 e. The number of nitrogens with one attached hydrogen (secondary N) is 2. The van der Waals surface area contributed by atoms with Crippen LogP contribution in [0.15, 0.2) is 48.2 Å². The van der Waals surface area contributed by atoms with E-state index in [0.717, 1.165) is 29.5 Å². The number of ether oxygens (including phenoxy) is 1. The SMILES string of the molecule is COc1cccc(C2(NC(=O)c3cc4ccc(/C(C=N)=C(\C)N)nc4n3C)CC2)c1. The molecule has 2 heterocycles. The molecule has 0 atom stereocenters. The third kappa shape index (κ3) is 3.32. The minimum Gasteiger partial charge on any atom is -0.497 e. The van der Waals surface area contributed by atoms with Crippen LogP contribution in [0.3, 0.4) is 0 Å². The first kappa shape index (κ1) is 19.7. The van der Waals surface area contributed by atoms with Gasteiger partial charge in [-0.15, -0.1) is 0 Å². The molecule has 0 saturated heterocycles. The summed E-state index contributed by atoms with van der Waals surface area (Å²) in [5.74, 6) is 0.634. The zero-order chi connectivity index (χ0) is 21.5. The molecule has 3 aromatic rings. The van der Waals surface area contributed by atoms with Gasteiger partial charge in [-0.2, -0.15) is 0 Å². The van der Waals surface area contributed by atoms with Gasteiger partial charge in [0.15, 0.2) is 0 Å². The Hall–Kier alpha value is -3.61. The lowest BCUT2D eigenvalue weighted by molar-refractivity contribution is 0.0923. The van der Waals surface area contributed by atoms with E-state index in [1.165, 1.54) is 6.21 Å². The molecule has 0 unspecified atom stereocenters. The number of methoxy groups -OCH3 is 1. The van der Waals surface area contributed by atoms with Crippen LogP contribution in [-0.2, 0) is 12.6 Å². The molecule has 0 radical (unpaired) electrons. The van der Waals surface area contributed by atoms with Crippen molar-refractivity contribution in [1.29, 1.82) is 5.41 Å². The molecule has 1 saturated carbocycles. The van der Waals surface area contributed by atoms with E-state index in [1.807, 2.05) is 49.5 Å². The van der Waals surface area contributed by atoms with Crippen LogP contribution in [0.4, 0.5) is 0 Å². The van der Waals surface area contributed by atoms with Gasteiger partial charge in [-0.25, -0.2) is 4.98 Å². The molecule has 0 bridgehead atoms. The summed E-state index contributed by atoms with van der Waals surface area (Å²) in [4.78, 5) is 17.8. The second kappa shape index (κ2) is 7.33. The number of aryl methyl sites for hydroxylation is 1. The Morgan fingerprint density at radius 1 is 1.30 bits per heavy atom. The van der Waals surface area contributed by atoms with E-state index in [-0.39, 0.29) is 11.4 Å². The molecule has 154 valence electrons. The van der Waals surface area contributed by atoms with Crippen molar-refractivity contribution in [2.24, 2.45) is 12.8 Å². The average molecular weight is 403 g/mol. The predicted molar refractivity (Wildman–Crippen MR) is 118 cm³/mol. The van der Waals surface area contributed by atoms with E-state index in [1.54, 1.807) is 18.6 Å². The summed E-state index contributed by atoms with van der Waals surface area (Å²) < 4.78 is 7.11. The lowest BCUT2D eigenvalue weighted by Crippen LogP contribution is -2.35. The van der Waals surface area contributed by atoms with E-state index >= 15 is 0 Å². The highest BCUT2D eigenvalue weighted by atomic mass is 16.5. The molecular formula is C23H25N5O2. The van der Waals surface area contributed by atoms with Crippen LogP contribution in [0.1, 0.15) is 41.5 Å². The molecule has 1 aliphatic rings. The van der Waals surface area contributed by atoms with E-state index < -0.39 is 0 Å². The normalized spacial score (nSPS) is 15.4. The number of hydrogen-bond donors (Lipinski definition) is 3. The molecule has 1 aromatic carbocycles. The number of aromatic nitrogens is 2. The summed E-state index contributed by atoms with van der Waals surface area (Å²) in [7, 11) is 3.46. The van der Waals surface area contributed by atoms with Crippen LogP contribution in [0, 0.1) is 5.41 Å². The summed E-state index contributed by atoms with van der Waals surface area (Å²) in [6.07, 6.45) is 2.98. The van der Waals surface area contributed by atoms with Crippen molar-refractivity contribution in [1.82, 2.24) is 14.9 Å². The van der Waals surface area contributed by atoms with Gasteiger partial charge in [-0.3, -0.25) is 4.79 Å². The van der Waals surface area contributed by atoms with Gasteiger partial charge in [-0.05, 0) is 55.7 Å². The van der Waals surface area contributed by atoms with Gasteiger partial charge in [0.05, 0.1) is 18.3 Å². The van der Waals surface area contributed by atoms with Gasteiger partial charge in [0, 0.05) is 29.9 Å². The first-order chi connectivity index (χ1) is 14.4. The number of hydrogen-bond acceptors (Lipinski definition) is 5. The Morgan fingerprint density at radius 3 is 2.70 bits per heavy atom. The Kier molecular flexibility index (Phi) is 4.81. The average Bonchev–Trinajstić information content (AvgIpc) is 3.45. The number of carbonyl (C=O) groups excluding carboxylic acids is 1. The number of fused-ring (bicyclic) bond motifs is 1. The fourth-order valence-corrected chi connectivity index (χ4v) is 3.77. The lowest BCUT2D eigenvalue weighted by atomic mass is 10.0. The summed E-state index contributed by atoms with van der Waals surface area (Å²) in [6, 6.07) is 13.4. The van der Waals surface area contributed by atoms with Gasteiger partial charge in [0.2, 0.25) is 0 Å². The summed E-state index contributed by atoms with van der Waals surface area (Å²) in [6.45, 7) is 1.74. The molecule has 1 fully saturated rings. The van der Waals surface area contributed by atoms with Crippen molar-refractivity contribution >= 4 is 28.7 Å². The number of carbonyl (C=O) groups is 1. The minimum absolute atomic E-state index is 0.143. The number of amides is 1. The molecule has 30 heavy (non-hydrogen) atoms. The first-order valence-corrected chi connectivity index (χ1v) is 9.79. The maximum Gasteiger partial charge on any atom is 0.268 e. The summed E-state index contributed by atoms with van der Waals surface area (Å²) >= 11 is 0. The molecule has 1 amide bonds. The van der Waals surface area contributed by atoms with Crippen LogP contribution in [0.25, 0.3) is 16.6 Å². The fourth-order valence-electron chi connectivity index (χ4n) is 3.77. The van der Waals surface area contributed by atoms with Crippen LogP contribution in [0.2, 0.25) is 0 Å². The predicted octanol–water partition coefficient (Wildman–Crippen LogP) is 3.34. The standard InChI is InChI=1S/C23H25N5O2/c1-14(25)18(13-24)19-8-7-15-11-20(28(2)21(15)26-19)22(29)27-23(9-10-23)16-5-4-6-17(12-16)30-3/h4-8,11-13,24H,9-10,25H2,1-3H3,(H,27,29)/b18-14+,24-13?. The quantitative estimate of drug-likeness (QED) is 0.549. The van der Waals surface area contributed by atoms with Gasteiger partial charge in [0.25, 0.3) is 5.91 Å². The van der Waals surface area contributed by atoms with Gasteiger partial charge in [-0.1, -0.05) is 12.1 Å². The first-order valence-electron chi connectivity index (χ1n) is 9.79. The number of nitrogens with zero attached hydrogens (tertiary/aromatic N) is 2. The molecule has 7 heteroatoms. The van der Waals surface area contributed by atoms with Crippen molar-refractivity contribution in [2.45, 2.75) is 25.3 Å². The van der Waals surface area contributed by atoms with Crippen molar-refractivity contribution in [3.8, 4) is 5.75 Å². The van der Waals surface area contributed by atoms with Crippen LogP contribution in [0.5, 0.6) is 5.75 Å². The molecule has 0 spiro atoms. The van der Waals surface area contributed by atoms with Crippen molar-refractivity contribution in [3.05, 3.63) is 65.1 Å². The molecule has 2 aromatic heterocycles. The van der Waals surface area contributed by atoms with Gasteiger partial charge in [0.1, 0.15) is 17.1 Å². The van der Waals surface area contributed by atoms with E-state index in [4.69, 9.17) is 15.9 Å². The number of rotatable bonds is 6. The van der Waals surface area contributed by atoms with Crippen LogP contribution in [-0.4, -0.2) is 28.8 Å². The summed E-state index contributed by atoms with van der Waals surface area (Å²) in [5.41, 5.74) is 9.48. The fraction of sp³-hybridized carbons (Fsp3) is 0.261. The molecule has 1 aliphatic carbocycles. The maximum atomic E-state index is 13.1. The van der Waals surface area contributed by atoms with E-state index in [2.05, 4.69) is 10.3 Å². The maximum absolute atomic E-state index is 13.1. The van der Waals surface area contributed by atoms with Crippen LogP contribution >= 0.6 is 0 Å². The highest BCUT2D eigenvalue weighted by Gasteiger charge is 2.46. The monoisotopic (exact) mass is 403 g/mol. The Bertz CT molecular complexity index is 1180. The third-order valence-electron chi connectivity index (χ3n) is 5.68. The van der Waals surface area contributed by atoms with E-state index in [0.29, 0.717) is 28.3 Å². The molecule has 4 rings (SSSR count). The zero-order valence-electron chi connectivity index (χ0n) is 17.3. The third-order valence-corrected chi connectivity index (χ3v) is 5.68. The van der Waals surface area contributed by atoms with Crippen LogP contribution < -0.4 is 15.8 Å². The van der Waals surface area contributed by atoms with Crippen molar-refractivity contribution in [3.63, 3.8) is 0 Å². The topological polar surface area (TPSA) is 106 Å². The number of benzene rings is 1. The molecule has 0 aliphatic heterocycles. The van der Waals surface area contributed by atoms with Crippen molar-refractivity contribution < 1.29 is 9.53 Å². The second-order valence-electron chi connectivity index (χ2n) is 7.71. The summed E-state index contributed by atoms with van der Waals surface area (Å²) in [5, 5.41) is 11.7. The van der Waals surface area contributed by atoms with E-state index in [9.17, 15) is 4.79 Å². The highest BCUT2D eigenvalue weighted by molar-refractivity contribution is 6.09. The molecular weight excluding hydrogens is 378 g/mol. The Balaban J connectivity index is 1.66. The number of allylic oxidation sites excluding steroid dienone is 2. The second-order valence-corrected chi connectivity index (χ2v) is 7.71. The van der Waals surface area contributed by atoms with Gasteiger partial charge < -0.3 is 25.8 Å². The molecule has 7 nitrogen and oxygen atoms in total. The molecule has 4 N–H and O–H groups in total. The number of nitrogens with two attached hydrogens (primary N) is 1.